The summed E-state index contributed by atoms with van der Waals surface area (Å²) in [5, 5.41) is 9.02. The molecule has 0 radical (unpaired) electrons. The van der Waals surface area contributed by atoms with Gasteiger partial charge in [-0.3, -0.25) is 0 Å². The van der Waals surface area contributed by atoms with Crippen LogP contribution in [0.2, 0.25) is 0 Å². The first kappa shape index (κ1) is 13.1. The van der Waals surface area contributed by atoms with E-state index in [2.05, 4.69) is 21.7 Å². The molecule has 0 spiro atoms. The fraction of sp³-hybridized carbons (Fsp3) is 0.375. The number of benzene rings is 1. The van der Waals surface area contributed by atoms with Crippen LogP contribution in [0.5, 0.6) is 0 Å². The van der Waals surface area contributed by atoms with Gasteiger partial charge in [0.25, 0.3) is 0 Å². The molecule has 1 N–H and O–H groups in total. The minimum atomic E-state index is 0.678. The lowest BCUT2D eigenvalue weighted by molar-refractivity contribution is 0.630. The van der Waals surface area contributed by atoms with Crippen LogP contribution in [0, 0.1) is 16.1 Å². The summed E-state index contributed by atoms with van der Waals surface area (Å²) >= 11 is 5.40. The molecule has 0 unspecified atom stereocenters. The molecule has 1 aromatic carbocycles. The van der Waals surface area contributed by atoms with Gasteiger partial charge >= 0.3 is 0 Å². The van der Waals surface area contributed by atoms with Crippen molar-refractivity contribution < 1.29 is 0 Å². The molecular formula is C16H17N3S. The smallest absolute Gasteiger partial charge is 0.178 e. The number of hydrogen-bond donors (Lipinski definition) is 1. The largest absolute Gasteiger partial charge is 0.331 e. The number of aromatic amines is 1. The van der Waals surface area contributed by atoms with Gasteiger partial charge in [-0.2, -0.15) is 5.26 Å². The van der Waals surface area contributed by atoms with Crippen LogP contribution in [0.1, 0.15) is 37.7 Å². The Bertz CT molecular complexity index is 758. The summed E-state index contributed by atoms with van der Waals surface area (Å²) < 4.78 is 2.85. The van der Waals surface area contributed by atoms with E-state index in [-0.39, 0.29) is 0 Å². The van der Waals surface area contributed by atoms with Gasteiger partial charge in [0.1, 0.15) is 0 Å². The number of hydrogen-bond acceptors (Lipinski definition) is 2. The standard InChI is InChI=1S/C16H17N3S/c17-11-13-6-7-14-15(10-13)19(16(20)18-14)9-8-12-4-2-1-3-5-12/h4,6-7,10H,1-3,5,8-9H2,(H,18,20). The Hall–Kier alpha value is -1.86. The zero-order valence-corrected chi connectivity index (χ0v) is 12.2. The molecule has 3 rings (SSSR count). The van der Waals surface area contributed by atoms with E-state index in [9.17, 15) is 0 Å². The van der Waals surface area contributed by atoms with Crippen molar-refractivity contribution in [2.24, 2.45) is 0 Å². The lowest BCUT2D eigenvalue weighted by Gasteiger charge is -2.13. The maximum absolute atomic E-state index is 9.02. The first-order valence-electron chi connectivity index (χ1n) is 7.08. The highest BCUT2D eigenvalue weighted by Crippen LogP contribution is 2.22. The lowest BCUT2D eigenvalue weighted by atomic mass is 9.97. The highest BCUT2D eigenvalue weighted by Gasteiger charge is 2.08. The van der Waals surface area contributed by atoms with E-state index in [1.54, 1.807) is 5.57 Å². The Morgan fingerprint density at radius 1 is 1.35 bits per heavy atom. The third kappa shape index (κ3) is 2.54. The topological polar surface area (TPSA) is 44.5 Å². The van der Waals surface area contributed by atoms with Gasteiger partial charge in [0.2, 0.25) is 0 Å². The number of rotatable bonds is 3. The van der Waals surface area contributed by atoms with Gasteiger partial charge in [-0.15, -0.1) is 0 Å². The van der Waals surface area contributed by atoms with Gasteiger partial charge in [-0.1, -0.05) is 11.6 Å². The van der Waals surface area contributed by atoms with Crippen LogP contribution in [0.3, 0.4) is 0 Å². The van der Waals surface area contributed by atoms with Crippen LogP contribution in [0.4, 0.5) is 0 Å². The second-order valence-electron chi connectivity index (χ2n) is 5.28. The van der Waals surface area contributed by atoms with E-state index in [0.29, 0.717) is 5.56 Å². The van der Waals surface area contributed by atoms with Gasteiger partial charge in [-0.05, 0) is 62.5 Å². The van der Waals surface area contributed by atoms with Crippen LogP contribution < -0.4 is 0 Å². The average molecular weight is 283 g/mol. The third-order valence-corrected chi connectivity index (χ3v) is 4.27. The summed E-state index contributed by atoms with van der Waals surface area (Å²) in [4.78, 5) is 3.22. The first-order valence-corrected chi connectivity index (χ1v) is 7.49. The maximum atomic E-state index is 9.02. The van der Waals surface area contributed by atoms with E-state index >= 15 is 0 Å². The lowest BCUT2D eigenvalue weighted by Crippen LogP contribution is -2.01. The number of nitrogens with zero attached hydrogens (tertiary/aromatic N) is 2. The van der Waals surface area contributed by atoms with Crippen LogP contribution >= 0.6 is 12.2 Å². The summed E-state index contributed by atoms with van der Waals surface area (Å²) in [6.45, 7) is 0.888. The Morgan fingerprint density at radius 3 is 3.00 bits per heavy atom. The molecule has 0 amide bonds. The molecule has 102 valence electrons. The van der Waals surface area contributed by atoms with Crippen molar-refractivity contribution in [1.82, 2.24) is 9.55 Å². The zero-order valence-electron chi connectivity index (χ0n) is 11.4. The van der Waals surface area contributed by atoms with E-state index < -0.39 is 0 Å². The molecule has 1 aromatic heterocycles. The van der Waals surface area contributed by atoms with E-state index in [1.165, 1.54) is 25.7 Å². The number of fused-ring (bicyclic) bond motifs is 1. The number of aromatic nitrogens is 2. The maximum Gasteiger partial charge on any atom is 0.178 e. The number of aryl methyl sites for hydroxylation is 1. The molecule has 0 atom stereocenters. The number of H-pyrrole nitrogens is 1. The molecule has 1 aliphatic carbocycles. The van der Waals surface area contributed by atoms with E-state index in [1.807, 2.05) is 18.2 Å². The van der Waals surface area contributed by atoms with Crippen LogP contribution in [0.15, 0.2) is 29.8 Å². The zero-order chi connectivity index (χ0) is 13.9. The van der Waals surface area contributed by atoms with Crippen LogP contribution in [-0.2, 0) is 6.54 Å². The minimum Gasteiger partial charge on any atom is -0.331 e. The molecule has 4 heteroatoms. The predicted molar refractivity (Wildman–Crippen MR) is 83.0 cm³/mol. The molecule has 1 aliphatic rings. The Morgan fingerprint density at radius 2 is 2.25 bits per heavy atom. The van der Waals surface area contributed by atoms with E-state index in [0.717, 1.165) is 28.8 Å². The van der Waals surface area contributed by atoms with Crippen molar-refractivity contribution in [3.05, 3.63) is 40.2 Å². The third-order valence-electron chi connectivity index (χ3n) is 3.95. The normalized spacial score (nSPS) is 15.1. The molecule has 0 bridgehead atoms. The number of nitrogens with one attached hydrogen (secondary N) is 1. The van der Waals surface area contributed by atoms with Gasteiger partial charge in [0.15, 0.2) is 4.77 Å². The number of imidazole rings is 1. The van der Waals surface area contributed by atoms with Gasteiger partial charge in [0.05, 0.1) is 22.7 Å². The molecule has 0 saturated heterocycles. The molecule has 3 nitrogen and oxygen atoms in total. The Balaban J connectivity index is 1.90. The molecule has 2 aromatic rings. The van der Waals surface area contributed by atoms with Crippen molar-refractivity contribution in [3.8, 4) is 6.07 Å². The van der Waals surface area contributed by atoms with Crippen molar-refractivity contribution in [1.29, 1.82) is 5.26 Å². The van der Waals surface area contributed by atoms with Gasteiger partial charge in [0, 0.05) is 6.54 Å². The Labute approximate surface area is 123 Å². The second-order valence-corrected chi connectivity index (χ2v) is 5.67. The molecular weight excluding hydrogens is 266 g/mol. The minimum absolute atomic E-state index is 0.678. The summed E-state index contributed by atoms with van der Waals surface area (Å²) in [5.74, 6) is 0. The summed E-state index contributed by atoms with van der Waals surface area (Å²) in [7, 11) is 0. The van der Waals surface area contributed by atoms with Crippen molar-refractivity contribution >= 4 is 23.3 Å². The van der Waals surface area contributed by atoms with Crippen LogP contribution in [0.25, 0.3) is 11.0 Å². The molecule has 20 heavy (non-hydrogen) atoms. The molecule has 0 fully saturated rings. The first-order chi connectivity index (χ1) is 9.78. The second kappa shape index (κ2) is 5.64. The van der Waals surface area contributed by atoms with Gasteiger partial charge < -0.3 is 9.55 Å². The van der Waals surface area contributed by atoms with Gasteiger partial charge in [-0.25, -0.2) is 0 Å². The average Bonchev–Trinajstić information content (AvgIpc) is 2.80. The van der Waals surface area contributed by atoms with Crippen molar-refractivity contribution in [3.63, 3.8) is 0 Å². The Kier molecular flexibility index (Phi) is 3.70. The predicted octanol–water partition coefficient (Wildman–Crippen LogP) is 4.46. The summed E-state index contributed by atoms with van der Waals surface area (Å²) in [5.41, 5.74) is 4.26. The monoisotopic (exact) mass is 283 g/mol. The SMILES string of the molecule is N#Cc1ccc2[nH]c(=S)n(CCC3=CCCCC3)c2c1. The fourth-order valence-electron chi connectivity index (χ4n) is 2.83. The molecule has 0 aliphatic heterocycles. The number of nitriles is 1. The number of allylic oxidation sites excluding steroid dienone is 2. The van der Waals surface area contributed by atoms with Crippen LogP contribution in [-0.4, -0.2) is 9.55 Å². The highest BCUT2D eigenvalue weighted by molar-refractivity contribution is 7.71. The van der Waals surface area contributed by atoms with E-state index in [4.69, 9.17) is 17.5 Å². The highest BCUT2D eigenvalue weighted by atomic mass is 32.1. The fourth-order valence-corrected chi connectivity index (χ4v) is 3.13. The molecule has 1 heterocycles. The quantitative estimate of drug-likeness (QED) is 0.667. The summed E-state index contributed by atoms with van der Waals surface area (Å²) in [6, 6.07) is 7.85. The van der Waals surface area contributed by atoms with Crippen molar-refractivity contribution in [2.45, 2.75) is 38.6 Å². The van der Waals surface area contributed by atoms with Crippen molar-refractivity contribution in [2.75, 3.05) is 0 Å². The molecule has 0 saturated carbocycles. The summed E-state index contributed by atoms with van der Waals surface area (Å²) in [6.07, 6.45) is 8.50.